The summed E-state index contributed by atoms with van der Waals surface area (Å²) in [5.74, 6) is -14.0. The first-order chi connectivity index (χ1) is 11.9. The Morgan fingerprint density at radius 3 is 1.84 bits per heavy atom. The van der Waals surface area contributed by atoms with Crippen LogP contribution in [0.4, 0.5) is 22.0 Å². The minimum Gasteiger partial charge on any atom is -0.499 e. The highest BCUT2D eigenvalue weighted by Gasteiger charge is 2.28. The highest BCUT2D eigenvalue weighted by atomic mass is 19.2. The summed E-state index contributed by atoms with van der Waals surface area (Å²) < 4.78 is 84.4. The number of ether oxygens (including phenoxy) is 4. The molecule has 0 saturated carbocycles. The molecule has 0 aliphatic carbocycles. The maximum absolute atomic E-state index is 13.3. The number of esters is 1. The van der Waals surface area contributed by atoms with Crippen LogP contribution in [-0.2, 0) is 19.0 Å². The zero-order valence-electron chi connectivity index (χ0n) is 13.0. The molecule has 0 atom stereocenters. The predicted molar refractivity (Wildman–Crippen MR) is 74.3 cm³/mol. The zero-order chi connectivity index (χ0) is 18.8. The average molecular weight is 370 g/mol. The molecule has 0 amide bonds. The summed E-state index contributed by atoms with van der Waals surface area (Å²) >= 11 is 0. The van der Waals surface area contributed by atoms with Gasteiger partial charge in [0.05, 0.1) is 39.1 Å². The van der Waals surface area contributed by atoms with Gasteiger partial charge in [-0.15, -0.1) is 0 Å². The smallest absolute Gasteiger partial charge is 0.313 e. The van der Waals surface area contributed by atoms with Crippen LogP contribution in [0.3, 0.4) is 0 Å². The molecule has 0 unspecified atom stereocenters. The fourth-order valence-electron chi connectivity index (χ4n) is 1.51. The molecule has 10 heteroatoms. The molecule has 25 heavy (non-hydrogen) atoms. The molecule has 1 rings (SSSR count). The van der Waals surface area contributed by atoms with E-state index in [2.05, 4.69) is 11.3 Å². The van der Waals surface area contributed by atoms with Crippen LogP contribution < -0.4 is 4.74 Å². The highest BCUT2D eigenvalue weighted by Crippen LogP contribution is 2.29. The van der Waals surface area contributed by atoms with E-state index in [1.807, 2.05) is 0 Å². The van der Waals surface area contributed by atoms with Gasteiger partial charge in [-0.1, -0.05) is 6.58 Å². The summed E-state index contributed by atoms with van der Waals surface area (Å²) in [6.45, 7) is 4.08. The van der Waals surface area contributed by atoms with Crippen molar-refractivity contribution in [3.8, 4) is 5.75 Å². The van der Waals surface area contributed by atoms with E-state index in [1.54, 1.807) is 0 Å². The van der Waals surface area contributed by atoms with Crippen LogP contribution in [-0.4, -0.2) is 39.0 Å². The topological polar surface area (TPSA) is 54.0 Å². The molecule has 0 aromatic heterocycles. The maximum Gasteiger partial charge on any atom is 0.313 e. The van der Waals surface area contributed by atoms with Crippen molar-refractivity contribution in [3.63, 3.8) is 0 Å². The van der Waals surface area contributed by atoms with Gasteiger partial charge in [0, 0.05) is 0 Å². The van der Waals surface area contributed by atoms with Gasteiger partial charge in [-0.2, -0.15) is 8.78 Å². The summed E-state index contributed by atoms with van der Waals surface area (Å²) in [6, 6.07) is 0. The van der Waals surface area contributed by atoms with Crippen LogP contribution in [0.25, 0.3) is 0 Å². The summed E-state index contributed by atoms with van der Waals surface area (Å²) in [5.41, 5.74) is 0. The van der Waals surface area contributed by atoms with Gasteiger partial charge >= 0.3 is 5.97 Å². The fourth-order valence-corrected chi connectivity index (χ4v) is 1.51. The molecule has 140 valence electrons. The van der Waals surface area contributed by atoms with Crippen molar-refractivity contribution >= 4 is 5.97 Å². The monoisotopic (exact) mass is 370 g/mol. The third kappa shape index (κ3) is 6.31. The second-order valence-electron chi connectivity index (χ2n) is 4.39. The van der Waals surface area contributed by atoms with E-state index in [1.165, 1.54) is 6.26 Å². The first kappa shape index (κ1) is 20.8. The molecule has 0 heterocycles. The molecular weight excluding hydrogens is 355 g/mol. The summed E-state index contributed by atoms with van der Waals surface area (Å²) in [6.07, 6.45) is 0.801. The van der Waals surface area contributed by atoms with Gasteiger partial charge in [-0.05, 0) is 0 Å². The number of hydrogen-bond acceptors (Lipinski definition) is 5. The van der Waals surface area contributed by atoms with E-state index < -0.39 is 47.2 Å². The van der Waals surface area contributed by atoms with Gasteiger partial charge in [0.25, 0.3) is 0 Å². The Morgan fingerprint density at radius 2 is 1.28 bits per heavy atom. The SMILES string of the molecule is C=COCCOCCOCCC(=O)Oc1c(F)c(F)c(F)c(F)c1F. The molecule has 0 aliphatic heterocycles. The van der Waals surface area contributed by atoms with Crippen molar-refractivity contribution in [2.75, 3.05) is 33.0 Å². The van der Waals surface area contributed by atoms with Gasteiger partial charge in [0.1, 0.15) is 6.61 Å². The van der Waals surface area contributed by atoms with Crippen LogP contribution in [0.5, 0.6) is 5.75 Å². The largest absolute Gasteiger partial charge is 0.499 e. The highest BCUT2D eigenvalue weighted by molar-refractivity contribution is 5.72. The molecule has 1 aromatic rings. The Hall–Kier alpha value is -2.20. The first-order valence-corrected chi connectivity index (χ1v) is 7.00. The molecule has 0 spiro atoms. The normalized spacial score (nSPS) is 10.6. The molecule has 0 saturated heterocycles. The molecule has 5 nitrogen and oxygen atoms in total. The number of carbonyl (C=O) groups excluding carboxylic acids is 1. The molecule has 0 fully saturated rings. The van der Waals surface area contributed by atoms with Crippen molar-refractivity contribution in [2.24, 2.45) is 0 Å². The van der Waals surface area contributed by atoms with E-state index >= 15 is 0 Å². The lowest BCUT2D eigenvalue weighted by Gasteiger charge is -2.09. The van der Waals surface area contributed by atoms with Gasteiger partial charge in [0.2, 0.25) is 34.8 Å². The number of carbonyl (C=O) groups is 1. The Labute approximate surface area is 139 Å². The third-order valence-electron chi connectivity index (χ3n) is 2.67. The minimum absolute atomic E-state index is 0.115. The minimum atomic E-state index is -2.34. The Kier molecular flexibility index (Phi) is 8.86. The van der Waals surface area contributed by atoms with Crippen molar-refractivity contribution in [1.82, 2.24) is 0 Å². The predicted octanol–water partition coefficient (Wildman–Crippen LogP) is 2.87. The molecule has 0 bridgehead atoms. The van der Waals surface area contributed by atoms with Crippen molar-refractivity contribution in [3.05, 3.63) is 41.9 Å². The quantitative estimate of drug-likeness (QED) is 0.114. The summed E-state index contributed by atoms with van der Waals surface area (Å²) in [4.78, 5) is 11.4. The van der Waals surface area contributed by atoms with Gasteiger partial charge in [-0.3, -0.25) is 4.79 Å². The zero-order valence-corrected chi connectivity index (χ0v) is 13.0. The van der Waals surface area contributed by atoms with Crippen LogP contribution in [0, 0.1) is 29.1 Å². The standard InChI is InChI=1S/C15H15F5O5/c1-2-22-5-6-24-8-7-23-4-3-9(21)25-15-13(19)11(17)10(16)12(18)14(15)20/h2H,1,3-8H2. The number of benzene rings is 1. The molecular formula is C15H15F5O5. The summed E-state index contributed by atoms with van der Waals surface area (Å²) in [7, 11) is 0. The van der Waals surface area contributed by atoms with Gasteiger partial charge < -0.3 is 18.9 Å². The van der Waals surface area contributed by atoms with Gasteiger partial charge in [-0.25, -0.2) is 13.2 Å². The average Bonchev–Trinajstić information content (AvgIpc) is 2.60. The van der Waals surface area contributed by atoms with E-state index in [4.69, 9.17) is 14.2 Å². The Bertz CT molecular complexity index is 579. The van der Waals surface area contributed by atoms with E-state index in [-0.39, 0.29) is 19.8 Å². The number of rotatable bonds is 11. The van der Waals surface area contributed by atoms with Gasteiger partial charge in [0.15, 0.2) is 0 Å². The number of hydrogen-bond donors (Lipinski definition) is 0. The second-order valence-corrected chi connectivity index (χ2v) is 4.39. The summed E-state index contributed by atoms with van der Waals surface area (Å²) in [5, 5.41) is 0. The second kappa shape index (κ2) is 10.6. The van der Waals surface area contributed by atoms with Crippen LogP contribution in [0.1, 0.15) is 6.42 Å². The van der Waals surface area contributed by atoms with Crippen LogP contribution in [0.2, 0.25) is 0 Å². The van der Waals surface area contributed by atoms with Crippen molar-refractivity contribution in [1.29, 1.82) is 0 Å². The van der Waals surface area contributed by atoms with E-state index in [0.717, 1.165) is 0 Å². The van der Waals surface area contributed by atoms with Crippen LogP contribution >= 0.6 is 0 Å². The lowest BCUT2D eigenvalue weighted by atomic mass is 10.2. The van der Waals surface area contributed by atoms with Crippen molar-refractivity contribution < 1.29 is 45.7 Å². The van der Waals surface area contributed by atoms with Crippen molar-refractivity contribution in [2.45, 2.75) is 6.42 Å². The maximum atomic E-state index is 13.3. The Balaban J connectivity index is 2.35. The van der Waals surface area contributed by atoms with E-state index in [0.29, 0.717) is 13.2 Å². The van der Waals surface area contributed by atoms with Crippen LogP contribution in [0.15, 0.2) is 12.8 Å². The lowest BCUT2D eigenvalue weighted by molar-refractivity contribution is -0.136. The molecule has 1 aromatic carbocycles. The lowest BCUT2D eigenvalue weighted by Crippen LogP contribution is -2.16. The molecule has 0 aliphatic rings. The first-order valence-electron chi connectivity index (χ1n) is 7.00. The third-order valence-corrected chi connectivity index (χ3v) is 2.67. The molecule has 0 N–H and O–H groups in total. The fraction of sp³-hybridized carbons (Fsp3) is 0.400. The number of halogens is 5. The molecule has 0 radical (unpaired) electrons. The van der Waals surface area contributed by atoms with E-state index in [9.17, 15) is 26.7 Å². The Morgan fingerprint density at radius 1 is 0.800 bits per heavy atom.